The summed E-state index contributed by atoms with van der Waals surface area (Å²) < 4.78 is 51.8. The lowest BCUT2D eigenvalue weighted by Crippen LogP contribution is -2.68. The van der Waals surface area contributed by atoms with Gasteiger partial charge in [-0.25, -0.2) is 0 Å². The Hall–Kier alpha value is -3.49. The number of amides is 5. The Bertz CT molecular complexity index is 1790. The van der Waals surface area contributed by atoms with E-state index in [9.17, 15) is 85.3 Å². The number of aliphatic hydroxyl groups is 12. The summed E-state index contributed by atoms with van der Waals surface area (Å²) in [6, 6.07) is -7.37. The van der Waals surface area contributed by atoms with E-state index < -0.39 is 216 Å². The topological polar surface area (TPSA) is 471 Å². The van der Waals surface area contributed by atoms with Gasteiger partial charge in [0.2, 0.25) is 29.5 Å². The van der Waals surface area contributed by atoms with Crippen LogP contribution in [-0.4, -0.2) is 277 Å². The summed E-state index contributed by atoms with van der Waals surface area (Å²) in [6.45, 7) is 1.84. The highest BCUT2D eigenvalue weighted by atomic mass is 16.7. The van der Waals surface area contributed by atoms with Gasteiger partial charge in [0.25, 0.3) is 0 Å². The summed E-state index contributed by atoms with van der Waals surface area (Å²) in [5.74, 6) is -3.46. The summed E-state index contributed by atoms with van der Waals surface area (Å²) in [5.41, 5.74) is 0. The number of carbonyl (C=O) groups is 5. The Morgan fingerprint density at radius 3 is 0.803 bits per heavy atom. The van der Waals surface area contributed by atoms with Gasteiger partial charge < -0.3 is 130 Å². The normalized spacial score (nSPS) is 43.9. The fraction of sp³-hybridized carbons (Fsp3) is 0.875. The van der Waals surface area contributed by atoms with Crippen molar-refractivity contribution in [2.75, 3.05) is 33.0 Å². The number of carbonyl (C=O) groups excluding carboxylic acids is 5. The van der Waals surface area contributed by atoms with E-state index in [2.05, 4.69) is 26.6 Å². The average molecular weight is 1030 g/mol. The zero-order valence-corrected chi connectivity index (χ0v) is 39.1. The van der Waals surface area contributed by atoms with Crippen LogP contribution >= 0.6 is 0 Å². The predicted molar refractivity (Wildman–Crippen MR) is 225 cm³/mol. The molecule has 5 fully saturated rings. The van der Waals surface area contributed by atoms with Gasteiger partial charge in [0.05, 0.1) is 33.0 Å². The van der Waals surface area contributed by atoms with Crippen LogP contribution in [0.15, 0.2) is 0 Å². The molecule has 0 aromatic carbocycles. The summed E-state index contributed by atoms with van der Waals surface area (Å²) in [7, 11) is 0. The molecule has 31 nitrogen and oxygen atoms in total. The molecule has 5 rings (SSSR count). The predicted octanol–water partition coefficient (Wildman–Crippen LogP) is -11.2. The van der Waals surface area contributed by atoms with Crippen LogP contribution in [0, 0.1) is 0 Å². The fourth-order valence-electron chi connectivity index (χ4n) is 8.65. The molecular weight excluding hydrogens is 966 g/mol. The van der Waals surface area contributed by atoms with Crippen LogP contribution in [0.5, 0.6) is 0 Å². The summed E-state index contributed by atoms with van der Waals surface area (Å²) in [5, 5.41) is 141. The Labute approximate surface area is 404 Å². The van der Waals surface area contributed by atoms with E-state index in [0.29, 0.717) is 0 Å². The average Bonchev–Trinajstić information content (AvgIpc) is 3.29. The number of nitrogens with one attached hydrogen (secondary N) is 5. The molecule has 5 heterocycles. The highest BCUT2D eigenvalue weighted by Gasteiger charge is 2.53. The van der Waals surface area contributed by atoms with Crippen molar-refractivity contribution in [1.29, 1.82) is 0 Å². The maximum Gasteiger partial charge on any atom is 0.217 e. The third-order valence-electron chi connectivity index (χ3n) is 12.3. The molecular formula is C40H67N5O26. The number of hydrogen-bond donors (Lipinski definition) is 17. The Kier molecular flexibility index (Phi) is 21.1. The number of aliphatic hydroxyl groups excluding tert-OH is 12. The van der Waals surface area contributed by atoms with E-state index in [1.165, 1.54) is 0 Å². The molecule has 0 bridgehead atoms. The molecule has 0 aromatic heterocycles. The van der Waals surface area contributed by atoms with Crippen molar-refractivity contribution in [2.24, 2.45) is 0 Å². The molecule has 408 valence electrons. The molecule has 0 spiro atoms. The molecule has 5 aliphatic heterocycles. The van der Waals surface area contributed by atoms with Gasteiger partial charge in [0, 0.05) is 34.6 Å². The van der Waals surface area contributed by atoms with E-state index in [0.717, 1.165) is 34.6 Å². The standard InChI is InChI=1S/C40H67N5O26/c1-11(47)41-21-31(57)27(53)17(67-36(21)62)7-63-38-23(43-13(3)49)33(59)29(55)19(69-38)9-65-40-25(45-15(5)51)35(61)30(56)20(71-40)10-66-39-24(44-14(4)50)34(60)28(54)18(70-39)8-64-37-22(42-12(2)48)32(58)26(52)16(6-46)68-37/h16-40,46,52-62H,6-10H2,1-5H3,(H,41,47)(H,42,48)(H,43,49)(H,44,50)(H,45,51)/t16-,17-,18-,19-,20-,21-,22-,23-,24-,25-,26-,27-,28-,29-,30-,31-,32-,33-,34-,35-,36?,37-,38-,39-,40-/m1/s1. The van der Waals surface area contributed by atoms with Crippen molar-refractivity contribution in [3.05, 3.63) is 0 Å². The zero-order valence-electron chi connectivity index (χ0n) is 39.1. The fourth-order valence-corrected chi connectivity index (χ4v) is 8.65. The lowest BCUT2D eigenvalue weighted by molar-refractivity contribution is -0.324. The molecule has 0 aliphatic carbocycles. The van der Waals surface area contributed by atoms with Gasteiger partial charge in [0.1, 0.15) is 122 Å². The largest absolute Gasteiger partial charge is 0.394 e. The maximum absolute atomic E-state index is 12.3. The van der Waals surface area contributed by atoms with Gasteiger partial charge in [-0.15, -0.1) is 0 Å². The molecule has 0 radical (unpaired) electrons. The van der Waals surface area contributed by atoms with Crippen LogP contribution in [0.25, 0.3) is 0 Å². The van der Waals surface area contributed by atoms with Crippen LogP contribution in [0.2, 0.25) is 0 Å². The van der Waals surface area contributed by atoms with Crippen molar-refractivity contribution < 1.29 is 128 Å². The second-order valence-corrected chi connectivity index (χ2v) is 17.8. The van der Waals surface area contributed by atoms with Gasteiger partial charge in [-0.3, -0.25) is 24.0 Å². The Morgan fingerprint density at radius 2 is 0.549 bits per heavy atom. The molecule has 5 amide bonds. The van der Waals surface area contributed by atoms with Crippen molar-refractivity contribution in [3.8, 4) is 0 Å². The minimum atomic E-state index is -1.89. The van der Waals surface area contributed by atoms with Gasteiger partial charge in [0.15, 0.2) is 31.5 Å². The molecule has 31 heteroatoms. The monoisotopic (exact) mass is 1030 g/mol. The molecule has 1 unspecified atom stereocenters. The minimum absolute atomic E-state index is 0.646. The summed E-state index contributed by atoms with van der Waals surface area (Å²) >= 11 is 0. The van der Waals surface area contributed by atoms with Crippen LogP contribution in [0.1, 0.15) is 34.6 Å². The third kappa shape index (κ3) is 14.4. The van der Waals surface area contributed by atoms with Crippen molar-refractivity contribution in [3.63, 3.8) is 0 Å². The smallest absolute Gasteiger partial charge is 0.217 e. The van der Waals surface area contributed by atoms with Gasteiger partial charge >= 0.3 is 0 Å². The first-order chi connectivity index (χ1) is 33.3. The first kappa shape index (κ1) is 58.4. The minimum Gasteiger partial charge on any atom is -0.394 e. The second kappa shape index (κ2) is 25.6. The lowest BCUT2D eigenvalue weighted by Gasteiger charge is -2.46. The maximum atomic E-state index is 12.3. The van der Waals surface area contributed by atoms with Gasteiger partial charge in [-0.05, 0) is 0 Å². The van der Waals surface area contributed by atoms with Gasteiger partial charge in [-0.1, -0.05) is 0 Å². The Morgan fingerprint density at radius 1 is 0.338 bits per heavy atom. The second-order valence-electron chi connectivity index (χ2n) is 17.8. The van der Waals surface area contributed by atoms with Crippen molar-refractivity contribution in [2.45, 2.75) is 188 Å². The third-order valence-corrected chi connectivity index (χ3v) is 12.3. The van der Waals surface area contributed by atoms with Crippen molar-refractivity contribution >= 4 is 29.5 Å². The molecule has 71 heavy (non-hydrogen) atoms. The van der Waals surface area contributed by atoms with Crippen LogP contribution < -0.4 is 26.6 Å². The molecule has 25 atom stereocenters. The first-order valence-electron chi connectivity index (χ1n) is 22.5. The number of ether oxygens (including phenoxy) is 9. The van der Waals surface area contributed by atoms with Gasteiger partial charge in [-0.2, -0.15) is 0 Å². The summed E-state index contributed by atoms with van der Waals surface area (Å²) in [4.78, 5) is 60.1. The van der Waals surface area contributed by atoms with Crippen LogP contribution in [-0.2, 0) is 66.6 Å². The van der Waals surface area contributed by atoms with E-state index in [1.54, 1.807) is 0 Å². The van der Waals surface area contributed by atoms with E-state index in [4.69, 9.17) is 42.6 Å². The molecule has 17 N–H and O–H groups in total. The SMILES string of the molecule is CC(=O)N[C@H]1[C@H](OC[C@H]2O[C@@H](OC[C@H]3O[C@@H](OC[C@H]4O[C@@H](OC[C@H]5OC(O)[C@H](NC(C)=O)[C@@H](O)[C@@H]5O)[C@H](NC(C)=O)[C@@H](O)[C@@H]4O)[C@H](NC(C)=O)[C@@H](O)[C@@H]3O)[C@H](NC(C)=O)[C@@H](O)[C@@H]2O)O[C@H](CO)[C@@H](O)[C@@H]1O. The molecule has 5 saturated heterocycles. The number of hydrogen-bond acceptors (Lipinski definition) is 26. The first-order valence-corrected chi connectivity index (χ1v) is 22.5. The molecule has 0 aromatic rings. The molecule has 0 saturated carbocycles. The Balaban J connectivity index is 1.29. The lowest BCUT2D eigenvalue weighted by atomic mass is 9.95. The number of rotatable bonds is 18. The molecule has 5 aliphatic rings. The van der Waals surface area contributed by atoms with Crippen molar-refractivity contribution in [1.82, 2.24) is 26.6 Å². The van der Waals surface area contributed by atoms with E-state index >= 15 is 0 Å². The summed E-state index contributed by atoms with van der Waals surface area (Å²) in [6.07, 6.45) is -34.0. The quantitative estimate of drug-likeness (QED) is 0.0606. The van der Waals surface area contributed by atoms with E-state index in [-0.39, 0.29) is 0 Å². The van der Waals surface area contributed by atoms with Crippen LogP contribution in [0.4, 0.5) is 0 Å². The zero-order chi connectivity index (χ0) is 52.8. The van der Waals surface area contributed by atoms with E-state index in [1.807, 2.05) is 0 Å². The highest BCUT2D eigenvalue weighted by molar-refractivity contribution is 5.74. The highest BCUT2D eigenvalue weighted by Crippen LogP contribution is 2.31. The van der Waals surface area contributed by atoms with Crippen LogP contribution in [0.3, 0.4) is 0 Å².